The highest BCUT2D eigenvalue weighted by Crippen LogP contribution is 2.23. The van der Waals surface area contributed by atoms with Crippen molar-refractivity contribution in [2.45, 2.75) is 110 Å². The zero-order chi connectivity index (χ0) is 21.8. The van der Waals surface area contributed by atoms with Gasteiger partial charge in [0.2, 0.25) is 11.8 Å². The van der Waals surface area contributed by atoms with E-state index >= 15 is 0 Å². The van der Waals surface area contributed by atoms with E-state index in [4.69, 9.17) is 9.47 Å². The molecule has 1 fully saturated rings. The van der Waals surface area contributed by atoms with E-state index in [1.807, 2.05) is 32.6 Å². The number of rotatable bonds is 14. The van der Waals surface area contributed by atoms with E-state index in [0.29, 0.717) is 26.0 Å². The summed E-state index contributed by atoms with van der Waals surface area (Å²) in [4.78, 5) is 26.7. The van der Waals surface area contributed by atoms with Crippen molar-refractivity contribution in [1.29, 1.82) is 0 Å². The van der Waals surface area contributed by atoms with E-state index in [-0.39, 0.29) is 55.2 Å². The Morgan fingerprint density at radius 1 is 1.14 bits per heavy atom. The van der Waals surface area contributed by atoms with Gasteiger partial charge in [0, 0.05) is 19.4 Å². The minimum absolute atomic E-state index is 0.00450. The van der Waals surface area contributed by atoms with Crippen molar-refractivity contribution >= 4 is 11.8 Å². The molecule has 170 valence electrons. The maximum atomic E-state index is 12.9. The second-order valence-electron chi connectivity index (χ2n) is 8.57. The normalized spacial score (nSPS) is 20.5. The molecule has 1 heterocycles. The van der Waals surface area contributed by atoms with Gasteiger partial charge in [-0.25, -0.2) is 0 Å². The maximum Gasteiger partial charge on any atom is 0.223 e. The molecule has 2 amide bonds. The quantitative estimate of drug-likeness (QED) is 0.427. The van der Waals surface area contributed by atoms with Gasteiger partial charge in [-0.05, 0) is 47.0 Å². The van der Waals surface area contributed by atoms with Gasteiger partial charge in [-0.2, -0.15) is 0 Å². The van der Waals surface area contributed by atoms with Crippen LogP contribution in [-0.2, 0) is 19.1 Å². The second kappa shape index (κ2) is 13.9. The summed E-state index contributed by atoms with van der Waals surface area (Å²) in [6.07, 6.45) is 5.12. The number of likely N-dealkylation sites (tertiary alicyclic amines) is 1. The topological polar surface area (TPSA) is 88.1 Å². The summed E-state index contributed by atoms with van der Waals surface area (Å²) < 4.78 is 11.7. The van der Waals surface area contributed by atoms with Gasteiger partial charge >= 0.3 is 0 Å². The molecule has 7 nitrogen and oxygen atoms in total. The number of carbonyl (C=O) groups is 2. The van der Waals surface area contributed by atoms with Gasteiger partial charge in [0.25, 0.3) is 0 Å². The van der Waals surface area contributed by atoms with Crippen LogP contribution in [0.1, 0.15) is 79.6 Å². The highest BCUT2D eigenvalue weighted by Gasteiger charge is 2.36. The molecule has 0 aromatic heterocycles. The molecular formula is C22H42N2O5. The molecule has 29 heavy (non-hydrogen) atoms. The van der Waals surface area contributed by atoms with Crippen molar-refractivity contribution in [2.75, 3.05) is 19.8 Å². The molecule has 1 aliphatic rings. The van der Waals surface area contributed by atoms with Crippen molar-refractivity contribution in [3.05, 3.63) is 0 Å². The molecule has 3 unspecified atom stereocenters. The summed E-state index contributed by atoms with van der Waals surface area (Å²) in [5.74, 6) is -0.0318. The third-order valence-corrected chi connectivity index (χ3v) is 5.08. The third-order valence-electron chi connectivity index (χ3n) is 5.08. The largest absolute Gasteiger partial charge is 0.394 e. The Kier molecular flexibility index (Phi) is 12.4. The van der Waals surface area contributed by atoms with Crippen LogP contribution in [0.25, 0.3) is 0 Å². The van der Waals surface area contributed by atoms with E-state index in [9.17, 15) is 14.7 Å². The van der Waals surface area contributed by atoms with Crippen molar-refractivity contribution in [3.8, 4) is 0 Å². The van der Waals surface area contributed by atoms with Crippen molar-refractivity contribution in [2.24, 2.45) is 0 Å². The summed E-state index contributed by atoms with van der Waals surface area (Å²) in [6, 6.07) is -0.381. The molecule has 1 saturated heterocycles. The number of unbranched alkanes of at least 4 members (excludes halogenated alkanes) is 2. The number of amides is 2. The van der Waals surface area contributed by atoms with Crippen LogP contribution in [0, 0.1) is 0 Å². The number of nitrogens with zero attached hydrogens (tertiary/aromatic N) is 1. The Bertz CT molecular complexity index is 484. The molecule has 0 aromatic carbocycles. The average molecular weight is 415 g/mol. The predicted octanol–water partition coefficient (Wildman–Crippen LogP) is 2.64. The number of carbonyl (C=O) groups excluding carboxylic acids is 2. The standard InChI is InChI=1S/C22H42N2O5/c1-6-7-8-9-21(26)23-18(14-25)10-11-22(27)24-13-20(29-17(4)5)12-19(24)15-28-16(2)3/h16-20,25H,6-15H2,1-5H3,(H,23,26). The van der Waals surface area contributed by atoms with Crippen LogP contribution >= 0.6 is 0 Å². The molecule has 0 bridgehead atoms. The van der Waals surface area contributed by atoms with Gasteiger partial charge in [0.05, 0.1) is 43.6 Å². The second-order valence-corrected chi connectivity index (χ2v) is 8.57. The number of aliphatic hydroxyl groups excluding tert-OH is 1. The first-order valence-electron chi connectivity index (χ1n) is 11.2. The van der Waals surface area contributed by atoms with Gasteiger partial charge in [0.1, 0.15) is 0 Å². The van der Waals surface area contributed by atoms with Crippen molar-refractivity contribution < 1.29 is 24.2 Å². The number of ether oxygens (including phenoxy) is 2. The third kappa shape index (κ3) is 10.4. The Hall–Kier alpha value is -1.18. The van der Waals surface area contributed by atoms with Crippen molar-refractivity contribution in [1.82, 2.24) is 10.2 Å². The number of hydrogen-bond acceptors (Lipinski definition) is 5. The Morgan fingerprint density at radius 2 is 1.86 bits per heavy atom. The minimum Gasteiger partial charge on any atom is -0.394 e. The van der Waals surface area contributed by atoms with E-state index in [1.165, 1.54) is 0 Å². The number of hydrogen-bond donors (Lipinski definition) is 2. The lowest BCUT2D eigenvalue weighted by Gasteiger charge is -2.26. The summed E-state index contributed by atoms with van der Waals surface area (Å²) in [7, 11) is 0. The lowest BCUT2D eigenvalue weighted by atomic mass is 10.1. The van der Waals surface area contributed by atoms with Gasteiger partial charge in [-0.15, -0.1) is 0 Å². The monoisotopic (exact) mass is 414 g/mol. The van der Waals surface area contributed by atoms with E-state index in [1.54, 1.807) is 0 Å². The van der Waals surface area contributed by atoms with Crippen LogP contribution in [0.5, 0.6) is 0 Å². The first kappa shape index (κ1) is 25.9. The van der Waals surface area contributed by atoms with Crippen molar-refractivity contribution in [3.63, 3.8) is 0 Å². The van der Waals surface area contributed by atoms with Gasteiger partial charge < -0.3 is 24.8 Å². The van der Waals surface area contributed by atoms with E-state index in [2.05, 4.69) is 12.2 Å². The lowest BCUT2D eigenvalue weighted by Crippen LogP contribution is -2.41. The first-order chi connectivity index (χ1) is 13.8. The summed E-state index contributed by atoms with van der Waals surface area (Å²) in [5.41, 5.74) is 0. The minimum atomic E-state index is -0.385. The summed E-state index contributed by atoms with van der Waals surface area (Å²) in [6.45, 7) is 11.0. The number of aliphatic hydroxyl groups is 1. The maximum absolute atomic E-state index is 12.9. The molecular weight excluding hydrogens is 372 g/mol. The first-order valence-corrected chi connectivity index (χ1v) is 11.2. The SMILES string of the molecule is CCCCCC(=O)NC(CO)CCC(=O)N1CC(OC(C)C)CC1COC(C)C. The molecule has 0 spiro atoms. The highest BCUT2D eigenvalue weighted by atomic mass is 16.5. The van der Waals surface area contributed by atoms with Crippen LogP contribution in [0.3, 0.4) is 0 Å². The Labute approximate surface area is 176 Å². The zero-order valence-corrected chi connectivity index (χ0v) is 19.0. The average Bonchev–Trinajstić information content (AvgIpc) is 3.05. The van der Waals surface area contributed by atoms with Crippen LogP contribution in [0.15, 0.2) is 0 Å². The van der Waals surface area contributed by atoms with Gasteiger partial charge in [-0.1, -0.05) is 19.8 Å². The molecule has 0 radical (unpaired) electrons. The molecule has 1 aliphatic heterocycles. The zero-order valence-electron chi connectivity index (χ0n) is 19.0. The predicted molar refractivity (Wildman–Crippen MR) is 114 cm³/mol. The van der Waals surface area contributed by atoms with Gasteiger partial charge in [0.15, 0.2) is 0 Å². The smallest absolute Gasteiger partial charge is 0.223 e. The fourth-order valence-corrected chi connectivity index (χ4v) is 3.61. The fraction of sp³-hybridized carbons (Fsp3) is 0.909. The van der Waals surface area contributed by atoms with Crippen LogP contribution in [0.2, 0.25) is 0 Å². The molecule has 0 aliphatic carbocycles. The van der Waals surface area contributed by atoms with E-state index < -0.39 is 0 Å². The molecule has 7 heteroatoms. The molecule has 3 atom stereocenters. The number of nitrogens with one attached hydrogen (secondary N) is 1. The molecule has 2 N–H and O–H groups in total. The molecule has 1 rings (SSSR count). The van der Waals surface area contributed by atoms with Crippen LogP contribution < -0.4 is 5.32 Å². The van der Waals surface area contributed by atoms with Crippen LogP contribution in [0.4, 0.5) is 0 Å². The van der Waals surface area contributed by atoms with Crippen LogP contribution in [-0.4, -0.2) is 72.0 Å². The summed E-state index contributed by atoms with van der Waals surface area (Å²) >= 11 is 0. The highest BCUT2D eigenvalue weighted by molar-refractivity contribution is 5.78. The lowest BCUT2D eigenvalue weighted by molar-refractivity contribution is -0.134. The summed E-state index contributed by atoms with van der Waals surface area (Å²) in [5, 5.41) is 12.4. The van der Waals surface area contributed by atoms with Gasteiger partial charge in [-0.3, -0.25) is 9.59 Å². The molecule has 0 saturated carbocycles. The fourth-order valence-electron chi connectivity index (χ4n) is 3.61. The van der Waals surface area contributed by atoms with E-state index in [0.717, 1.165) is 25.7 Å². The Balaban J connectivity index is 2.55. The molecule has 0 aromatic rings. The Morgan fingerprint density at radius 3 is 2.45 bits per heavy atom.